The smallest absolute Gasteiger partial charge is 0.352 e. The highest BCUT2D eigenvalue weighted by atomic mass is 35.5. The first-order valence-corrected chi connectivity index (χ1v) is 13.3. The number of β-lactam (4-membered cyclic amide) rings is 1. The van der Waals surface area contributed by atoms with Gasteiger partial charge in [-0.25, -0.2) is 18.7 Å². The number of aromatic nitrogens is 3. The number of nitrogen functional groups attached to an aromatic ring is 1. The van der Waals surface area contributed by atoms with Crippen molar-refractivity contribution in [3.05, 3.63) is 57.0 Å². The number of amides is 2. The molecular formula is C21H18Cl2N7O5S2+. The number of carboxylic acid groups (broad SMARTS) is 1. The number of carbonyl (C=O) groups is 3. The molecule has 192 valence electrons. The maximum absolute atomic E-state index is 13.1. The molecule has 16 heteroatoms. The number of halogens is 2. The van der Waals surface area contributed by atoms with Crippen LogP contribution >= 0.6 is 46.3 Å². The molecular weight excluding hydrogens is 565 g/mol. The first-order valence-electron chi connectivity index (χ1n) is 10.6. The number of thioether (sulfide) groups is 1. The molecule has 0 saturated carbocycles. The lowest BCUT2D eigenvalue weighted by Gasteiger charge is -2.49. The molecule has 1 saturated heterocycles. The number of nitrogens with one attached hydrogen (secondary N) is 1. The van der Waals surface area contributed by atoms with E-state index in [-0.39, 0.29) is 28.8 Å². The molecule has 2 aliphatic rings. The van der Waals surface area contributed by atoms with Gasteiger partial charge in [-0.05, 0) is 6.07 Å². The van der Waals surface area contributed by atoms with Crippen LogP contribution in [-0.4, -0.2) is 67.2 Å². The molecule has 0 spiro atoms. The topological polar surface area (TPSA) is 156 Å². The molecule has 0 radical (unpaired) electrons. The van der Waals surface area contributed by atoms with Gasteiger partial charge in [0.05, 0.1) is 5.02 Å². The molecule has 0 aromatic carbocycles. The van der Waals surface area contributed by atoms with E-state index in [1.54, 1.807) is 33.6 Å². The normalized spacial score (nSPS) is 19.6. The quantitative estimate of drug-likeness (QED) is 0.163. The average Bonchev–Trinajstić information content (AvgIpc) is 3.46. The first kappa shape index (κ1) is 25.3. The molecule has 4 N–H and O–H groups in total. The summed E-state index contributed by atoms with van der Waals surface area (Å²) in [6, 6.07) is 0.645. The fraction of sp³-hybridized carbons (Fsp3) is 0.238. The first-order chi connectivity index (χ1) is 17.7. The molecule has 12 nitrogen and oxygen atoms in total. The predicted molar refractivity (Wildman–Crippen MR) is 137 cm³/mol. The number of pyridine rings is 1. The van der Waals surface area contributed by atoms with Gasteiger partial charge in [-0.1, -0.05) is 28.4 Å². The molecule has 5 heterocycles. The van der Waals surface area contributed by atoms with Gasteiger partial charge in [0.25, 0.3) is 11.8 Å². The molecule has 0 aliphatic carbocycles. The third kappa shape index (κ3) is 4.50. The Hall–Kier alpha value is -3.33. The fourth-order valence-electron chi connectivity index (χ4n) is 4.20. The standard InChI is InChI=1S/C21H17Cl2N7O5S2/c1-35-27-13(12-8-37-21(24)25-12)16(31)26-14-18(32)30-15(20(33)34)9(7-36-19(14)30)5-28-2-3-29-6-10(22)4-11(23)17(28)29/h2-4,6,8,14,19H,5,7H2,1H3,(H3-,24,25,26,31,33,34)/p+1/b27-13-/t14-,19-/m1/s1. The molecule has 5 rings (SSSR count). The molecule has 0 unspecified atom stereocenters. The summed E-state index contributed by atoms with van der Waals surface area (Å²) in [6.07, 6.45) is 5.19. The van der Waals surface area contributed by atoms with Crippen molar-refractivity contribution in [2.24, 2.45) is 5.16 Å². The lowest BCUT2D eigenvalue weighted by Crippen LogP contribution is -2.71. The minimum Gasteiger partial charge on any atom is -0.477 e. The summed E-state index contributed by atoms with van der Waals surface area (Å²) in [4.78, 5) is 48.2. The Morgan fingerprint density at radius 2 is 2.22 bits per heavy atom. The van der Waals surface area contributed by atoms with Gasteiger partial charge in [-0.3, -0.25) is 14.5 Å². The van der Waals surface area contributed by atoms with E-state index in [9.17, 15) is 19.5 Å². The highest BCUT2D eigenvalue weighted by Gasteiger charge is 2.54. The zero-order chi connectivity index (χ0) is 26.4. The van der Waals surface area contributed by atoms with Crippen LogP contribution in [0.2, 0.25) is 10.0 Å². The SMILES string of the molecule is CO/N=C(\C(=O)N[C@@H]1C(=O)N2C(C(=O)O)=C(C[n+]3ccn4cc(Cl)cc(Cl)c43)CS[C@H]12)c1csc(N)n1. The Morgan fingerprint density at radius 1 is 1.43 bits per heavy atom. The van der Waals surface area contributed by atoms with Crippen LogP contribution in [0.4, 0.5) is 5.13 Å². The Labute approximate surface area is 227 Å². The van der Waals surface area contributed by atoms with E-state index in [0.29, 0.717) is 27.0 Å². The van der Waals surface area contributed by atoms with Gasteiger partial charge in [0.1, 0.15) is 60.1 Å². The van der Waals surface area contributed by atoms with Crippen LogP contribution in [0.15, 0.2) is 46.5 Å². The van der Waals surface area contributed by atoms with Gasteiger partial charge in [-0.2, -0.15) is 0 Å². The number of hydrogen-bond acceptors (Lipinski definition) is 9. The van der Waals surface area contributed by atoms with Crippen LogP contribution in [-0.2, 0) is 25.8 Å². The zero-order valence-electron chi connectivity index (χ0n) is 18.9. The zero-order valence-corrected chi connectivity index (χ0v) is 22.1. The number of nitrogens with zero attached hydrogens (tertiary/aromatic N) is 5. The molecule has 2 amide bonds. The number of fused-ring (bicyclic) bond motifs is 2. The number of carboxylic acids is 1. The van der Waals surface area contributed by atoms with E-state index in [0.717, 1.165) is 11.3 Å². The van der Waals surface area contributed by atoms with Gasteiger partial charge in [0.2, 0.25) is 0 Å². The van der Waals surface area contributed by atoms with Gasteiger partial charge in [0.15, 0.2) is 10.8 Å². The highest BCUT2D eigenvalue weighted by molar-refractivity contribution is 8.00. The second-order valence-electron chi connectivity index (χ2n) is 7.97. The number of rotatable bonds is 7. The van der Waals surface area contributed by atoms with Crippen LogP contribution in [0, 0.1) is 0 Å². The van der Waals surface area contributed by atoms with Crippen molar-refractivity contribution < 1.29 is 28.9 Å². The van der Waals surface area contributed by atoms with Gasteiger partial charge < -0.3 is 21.0 Å². The van der Waals surface area contributed by atoms with E-state index < -0.39 is 29.2 Å². The van der Waals surface area contributed by atoms with Crippen molar-refractivity contribution in [2.75, 3.05) is 18.6 Å². The molecule has 1 fully saturated rings. The lowest BCUT2D eigenvalue weighted by atomic mass is 10.0. The van der Waals surface area contributed by atoms with Crippen LogP contribution in [0.25, 0.3) is 5.65 Å². The maximum Gasteiger partial charge on any atom is 0.352 e. The van der Waals surface area contributed by atoms with E-state index in [1.165, 1.54) is 29.2 Å². The summed E-state index contributed by atoms with van der Waals surface area (Å²) in [5.41, 5.74) is 6.74. The van der Waals surface area contributed by atoms with Crippen LogP contribution in [0.3, 0.4) is 0 Å². The second kappa shape index (κ2) is 9.85. The Balaban J connectivity index is 1.39. The molecule has 0 bridgehead atoms. The average molecular weight is 583 g/mol. The Bertz CT molecular complexity index is 1520. The Kier molecular flexibility index (Phi) is 6.74. The summed E-state index contributed by atoms with van der Waals surface area (Å²) in [5, 5.41) is 18.4. The summed E-state index contributed by atoms with van der Waals surface area (Å²) in [6.45, 7) is 0.190. The summed E-state index contributed by atoms with van der Waals surface area (Å²) < 4.78 is 3.52. The summed E-state index contributed by atoms with van der Waals surface area (Å²) in [5.74, 6) is -2.16. The van der Waals surface area contributed by atoms with Gasteiger partial charge in [-0.15, -0.1) is 23.1 Å². The number of anilines is 1. The summed E-state index contributed by atoms with van der Waals surface area (Å²) >= 11 is 14.9. The van der Waals surface area contributed by atoms with Crippen LogP contribution in [0.5, 0.6) is 0 Å². The number of thiazole rings is 1. The van der Waals surface area contributed by atoms with Gasteiger partial charge >= 0.3 is 11.6 Å². The van der Waals surface area contributed by atoms with Crippen molar-refractivity contribution >= 4 is 80.6 Å². The van der Waals surface area contributed by atoms with Crippen LogP contribution in [0.1, 0.15) is 5.69 Å². The van der Waals surface area contributed by atoms with Gasteiger partial charge in [0, 0.05) is 16.7 Å². The number of oxime groups is 1. The molecule has 2 atom stereocenters. The van der Waals surface area contributed by atoms with E-state index in [4.69, 9.17) is 33.8 Å². The monoisotopic (exact) mass is 582 g/mol. The molecule has 37 heavy (non-hydrogen) atoms. The highest BCUT2D eigenvalue weighted by Crippen LogP contribution is 2.40. The minimum absolute atomic E-state index is 0.116. The van der Waals surface area contributed by atoms with E-state index >= 15 is 0 Å². The number of imidazole rings is 1. The maximum atomic E-state index is 13.1. The van der Waals surface area contributed by atoms with Crippen molar-refractivity contribution in [1.82, 2.24) is 19.6 Å². The van der Waals surface area contributed by atoms with Crippen LogP contribution < -0.4 is 15.6 Å². The molecule has 2 aliphatic heterocycles. The molecule has 3 aromatic rings. The van der Waals surface area contributed by atoms with Crippen molar-refractivity contribution in [1.29, 1.82) is 0 Å². The predicted octanol–water partition coefficient (Wildman–Crippen LogP) is 1.36. The van der Waals surface area contributed by atoms with E-state index in [1.807, 2.05) is 0 Å². The summed E-state index contributed by atoms with van der Waals surface area (Å²) in [7, 11) is 1.27. The largest absolute Gasteiger partial charge is 0.477 e. The minimum atomic E-state index is -1.24. The third-order valence-electron chi connectivity index (χ3n) is 5.72. The van der Waals surface area contributed by atoms with Crippen molar-refractivity contribution in [2.45, 2.75) is 18.0 Å². The number of aliphatic carboxylic acids is 1. The second-order valence-corrected chi connectivity index (χ2v) is 10.8. The van der Waals surface area contributed by atoms with Crippen molar-refractivity contribution in [3.8, 4) is 0 Å². The van der Waals surface area contributed by atoms with Crippen molar-refractivity contribution in [3.63, 3.8) is 0 Å². The number of nitrogens with two attached hydrogens (primary N) is 1. The Morgan fingerprint density at radius 3 is 2.89 bits per heavy atom. The van der Waals surface area contributed by atoms with E-state index in [2.05, 4.69) is 15.5 Å². The number of carbonyl (C=O) groups excluding carboxylic acids is 2. The lowest BCUT2D eigenvalue weighted by molar-refractivity contribution is -0.662. The number of hydrogen-bond donors (Lipinski definition) is 3. The third-order valence-corrected chi connectivity index (χ3v) is 8.22. The fourth-order valence-corrected chi connectivity index (χ4v) is 6.68. The molecule has 3 aromatic heterocycles.